The highest BCUT2D eigenvalue weighted by molar-refractivity contribution is 7.20. The SMILES string of the molecule is CC(C)c1nn(C)cc1NC(=O)c1cc2c(C(C)C)nn(C)c2s1. The van der Waals surface area contributed by atoms with Gasteiger partial charge in [-0.1, -0.05) is 27.7 Å². The number of rotatable bonds is 4. The molecule has 1 amide bonds. The van der Waals surface area contributed by atoms with E-state index in [0.29, 0.717) is 10.8 Å². The maximum absolute atomic E-state index is 12.7. The van der Waals surface area contributed by atoms with E-state index in [2.05, 4.69) is 43.2 Å². The second kappa shape index (κ2) is 6.05. The van der Waals surface area contributed by atoms with Crippen LogP contribution in [0.1, 0.15) is 60.6 Å². The van der Waals surface area contributed by atoms with Gasteiger partial charge in [0, 0.05) is 25.7 Å². The van der Waals surface area contributed by atoms with Gasteiger partial charge in [-0.15, -0.1) is 11.3 Å². The van der Waals surface area contributed by atoms with Crippen molar-refractivity contribution in [2.24, 2.45) is 14.1 Å². The molecule has 0 bridgehead atoms. The first-order valence-electron chi connectivity index (χ1n) is 8.09. The van der Waals surface area contributed by atoms with Crippen LogP contribution in [0, 0.1) is 0 Å². The van der Waals surface area contributed by atoms with Crippen LogP contribution < -0.4 is 5.32 Å². The molecule has 0 aromatic carbocycles. The number of fused-ring (bicyclic) bond motifs is 1. The van der Waals surface area contributed by atoms with Gasteiger partial charge in [0.2, 0.25) is 0 Å². The van der Waals surface area contributed by atoms with Crippen LogP contribution in [0.25, 0.3) is 10.2 Å². The summed E-state index contributed by atoms with van der Waals surface area (Å²) >= 11 is 1.47. The van der Waals surface area contributed by atoms with Gasteiger partial charge >= 0.3 is 0 Å². The molecule has 0 saturated heterocycles. The Kier molecular flexibility index (Phi) is 4.21. The summed E-state index contributed by atoms with van der Waals surface area (Å²) in [5.74, 6) is 0.478. The molecule has 1 N–H and O–H groups in total. The van der Waals surface area contributed by atoms with Crippen molar-refractivity contribution in [1.29, 1.82) is 0 Å². The first kappa shape index (κ1) is 16.7. The van der Waals surface area contributed by atoms with Gasteiger partial charge in [-0.05, 0) is 17.9 Å². The van der Waals surface area contributed by atoms with Crippen molar-refractivity contribution in [2.75, 3.05) is 5.32 Å². The minimum Gasteiger partial charge on any atom is -0.318 e. The summed E-state index contributed by atoms with van der Waals surface area (Å²) in [5.41, 5.74) is 2.71. The molecule has 3 heterocycles. The quantitative estimate of drug-likeness (QED) is 0.781. The van der Waals surface area contributed by atoms with Crippen molar-refractivity contribution in [3.05, 3.63) is 28.5 Å². The molecule has 7 heteroatoms. The van der Waals surface area contributed by atoms with Crippen molar-refractivity contribution in [2.45, 2.75) is 39.5 Å². The Morgan fingerprint density at radius 2 is 1.79 bits per heavy atom. The zero-order valence-corrected chi connectivity index (χ0v) is 15.7. The number of aromatic nitrogens is 4. The van der Waals surface area contributed by atoms with E-state index in [0.717, 1.165) is 27.3 Å². The number of anilines is 1. The molecule has 0 radical (unpaired) electrons. The van der Waals surface area contributed by atoms with Crippen molar-refractivity contribution in [3.63, 3.8) is 0 Å². The molecule has 24 heavy (non-hydrogen) atoms. The number of aryl methyl sites for hydroxylation is 2. The molecule has 3 aromatic rings. The Morgan fingerprint density at radius 1 is 1.12 bits per heavy atom. The van der Waals surface area contributed by atoms with E-state index in [1.54, 1.807) is 4.68 Å². The summed E-state index contributed by atoms with van der Waals surface area (Å²) < 4.78 is 3.59. The minimum absolute atomic E-state index is 0.0965. The highest BCUT2D eigenvalue weighted by atomic mass is 32.1. The Labute approximate surface area is 145 Å². The van der Waals surface area contributed by atoms with E-state index < -0.39 is 0 Å². The van der Waals surface area contributed by atoms with Crippen LogP contribution >= 0.6 is 11.3 Å². The van der Waals surface area contributed by atoms with E-state index in [9.17, 15) is 4.79 Å². The van der Waals surface area contributed by atoms with Crippen LogP contribution in [0.2, 0.25) is 0 Å². The van der Waals surface area contributed by atoms with Crippen LogP contribution in [0.5, 0.6) is 0 Å². The average molecular weight is 345 g/mol. The predicted octanol–water partition coefficient (Wildman–Crippen LogP) is 3.87. The highest BCUT2D eigenvalue weighted by Crippen LogP contribution is 2.32. The van der Waals surface area contributed by atoms with Gasteiger partial charge in [-0.2, -0.15) is 10.2 Å². The minimum atomic E-state index is -0.0965. The Balaban J connectivity index is 1.94. The number of nitrogens with zero attached hydrogens (tertiary/aromatic N) is 4. The molecule has 0 atom stereocenters. The van der Waals surface area contributed by atoms with Crippen LogP contribution in [-0.2, 0) is 14.1 Å². The van der Waals surface area contributed by atoms with Crippen molar-refractivity contribution in [3.8, 4) is 0 Å². The molecule has 0 spiro atoms. The average Bonchev–Trinajstić information content (AvgIpc) is 3.14. The molecule has 6 nitrogen and oxygen atoms in total. The third kappa shape index (κ3) is 2.84. The first-order valence-corrected chi connectivity index (χ1v) is 8.91. The molecule has 0 saturated carbocycles. The van der Waals surface area contributed by atoms with Crippen LogP contribution in [-0.4, -0.2) is 25.5 Å². The van der Waals surface area contributed by atoms with Gasteiger partial charge in [0.05, 0.1) is 22.0 Å². The van der Waals surface area contributed by atoms with Gasteiger partial charge < -0.3 is 5.32 Å². The largest absolute Gasteiger partial charge is 0.318 e. The number of carbonyl (C=O) groups is 1. The summed E-state index contributed by atoms with van der Waals surface area (Å²) in [6.07, 6.45) is 1.85. The van der Waals surface area contributed by atoms with Gasteiger partial charge in [-0.25, -0.2) is 0 Å². The number of hydrogen-bond acceptors (Lipinski definition) is 4. The van der Waals surface area contributed by atoms with E-state index in [1.165, 1.54) is 11.3 Å². The van der Waals surface area contributed by atoms with Gasteiger partial charge in [0.1, 0.15) is 4.83 Å². The molecule has 3 aromatic heterocycles. The Bertz CT molecular complexity index is 900. The lowest BCUT2D eigenvalue weighted by molar-refractivity contribution is 0.103. The fraction of sp³-hybridized carbons (Fsp3) is 0.471. The van der Waals surface area contributed by atoms with Crippen LogP contribution in [0.4, 0.5) is 5.69 Å². The van der Waals surface area contributed by atoms with E-state index >= 15 is 0 Å². The number of thiophene rings is 1. The fourth-order valence-corrected chi connectivity index (χ4v) is 3.79. The van der Waals surface area contributed by atoms with Gasteiger partial charge in [0.25, 0.3) is 5.91 Å². The Hall–Kier alpha value is -2.15. The maximum Gasteiger partial charge on any atom is 0.265 e. The predicted molar refractivity (Wildman–Crippen MR) is 97.9 cm³/mol. The molecular weight excluding hydrogens is 322 g/mol. The van der Waals surface area contributed by atoms with Crippen LogP contribution in [0.15, 0.2) is 12.3 Å². The normalized spacial score (nSPS) is 11.8. The van der Waals surface area contributed by atoms with E-state index in [1.807, 2.05) is 31.0 Å². The molecule has 0 aliphatic rings. The number of amides is 1. The summed E-state index contributed by atoms with van der Waals surface area (Å²) in [4.78, 5) is 14.4. The summed E-state index contributed by atoms with van der Waals surface area (Å²) in [7, 11) is 3.78. The van der Waals surface area contributed by atoms with Crippen molar-refractivity contribution in [1.82, 2.24) is 19.6 Å². The highest BCUT2D eigenvalue weighted by Gasteiger charge is 2.20. The molecule has 0 unspecified atom stereocenters. The topological polar surface area (TPSA) is 64.7 Å². The summed E-state index contributed by atoms with van der Waals surface area (Å²) in [5, 5.41) is 13.1. The van der Waals surface area contributed by atoms with Crippen molar-refractivity contribution < 1.29 is 4.79 Å². The fourth-order valence-electron chi connectivity index (χ4n) is 2.82. The summed E-state index contributed by atoms with van der Waals surface area (Å²) in [6.45, 7) is 8.36. The second-order valence-electron chi connectivity index (χ2n) is 6.70. The summed E-state index contributed by atoms with van der Waals surface area (Å²) in [6, 6.07) is 1.95. The van der Waals surface area contributed by atoms with E-state index in [-0.39, 0.29) is 11.8 Å². The zero-order chi connectivity index (χ0) is 17.6. The second-order valence-corrected chi connectivity index (χ2v) is 7.73. The third-order valence-corrected chi connectivity index (χ3v) is 5.16. The molecule has 128 valence electrons. The molecular formula is C17H23N5OS. The first-order chi connectivity index (χ1) is 11.3. The third-order valence-electron chi connectivity index (χ3n) is 3.96. The molecule has 0 fully saturated rings. The monoisotopic (exact) mass is 345 g/mol. The maximum atomic E-state index is 12.7. The number of nitrogens with one attached hydrogen (secondary N) is 1. The van der Waals surface area contributed by atoms with Gasteiger partial charge in [-0.3, -0.25) is 14.2 Å². The molecule has 3 rings (SSSR count). The number of carbonyl (C=O) groups excluding carboxylic acids is 1. The standard InChI is InChI=1S/C17H23N5OS/c1-9(2)14-11-7-13(24-17(11)22(6)20-14)16(23)18-12-8-21(5)19-15(12)10(3)4/h7-10H,1-6H3,(H,18,23). The van der Waals surface area contributed by atoms with Gasteiger partial charge in [0.15, 0.2) is 0 Å². The van der Waals surface area contributed by atoms with Crippen LogP contribution in [0.3, 0.4) is 0 Å². The van der Waals surface area contributed by atoms with E-state index in [4.69, 9.17) is 0 Å². The number of hydrogen-bond donors (Lipinski definition) is 1. The lowest BCUT2D eigenvalue weighted by Gasteiger charge is -2.06. The molecule has 0 aliphatic carbocycles. The van der Waals surface area contributed by atoms with Crippen molar-refractivity contribution >= 4 is 33.1 Å². The zero-order valence-electron chi connectivity index (χ0n) is 14.9. The molecule has 0 aliphatic heterocycles. The lowest BCUT2D eigenvalue weighted by Crippen LogP contribution is -2.11. The lowest BCUT2D eigenvalue weighted by atomic mass is 10.1. The smallest absolute Gasteiger partial charge is 0.265 e. The Morgan fingerprint density at radius 3 is 2.42 bits per heavy atom.